The number of unbranched alkanes of at least 4 members (excludes halogenated alkanes) is 22. The van der Waals surface area contributed by atoms with Crippen molar-refractivity contribution in [2.75, 3.05) is 32.8 Å². The molecular weight excluding hydrogens is 610 g/mol. The van der Waals surface area contributed by atoms with Crippen LogP contribution in [0.3, 0.4) is 0 Å². The largest absolute Gasteiger partial charge is 0.466 e. The van der Waals surface area contributed by atoms with E-state index in [1.807, 2.05) is 0 Å². The van der Waals surface area contributed by atoms with Crippen molar-refractivity contribution in [2.45, 2.75) is 233 Å². The van der Waals surface area contributed by atoms with Gasteiger partial charge >= 0.3 is 11.9 Å². The zero-order valence-corrected chi connectivity index (χ0v) is 32.6. The van der Waals surface area contributed by atoms with Crippen molar-refractivity contribution in [3.8, 4) is 0 Å². The maximum absolute atomic E-state index is 12.6. The lowest BCUT2D eigenvalue weighted by atomic mass is 10.0. The zero-order chi connectivity index (χ0) is 35.2. The van der Waals surface area contributed by atoms with Crippen LogP contribution >= 0.6 is 0 Å². The number of carbonyl (C=O) groups is 2. The highest BCUT2D eigenvalue weighted by Gasteiger charge is 2.14. The molecule has 0 aliphatic rings. The van der Waals surface area contributed by atoms with E-state index in [0.29, 0.717) is 19.4 Å². The Morgan fingerprint density at radius 1 is 0.490 bits per heavy atom. The Kier molecular flexibility index (Phi) is 42.1. The Balaban J connectivity index is 0. The second-order valence-electron chi connectivity index (χ2n) is 14.5. The van der Waals surface area contributed by atoms with E-state index in [1.54, 1.807) is 0 Å². The highest BCUT2D eigenvalue weighted by molar-refractivity contribution is 5.69. The smallest absolute Gasteiger partial charge is 0.306 e. The third kappa shape index (κ3) is 37.9. The summed E-state index contributed by atoms with van der Waals surface area (Å²) in [4.78, 5) is 26.9. The van der Waals surface area contributed by atoms with Gasteiger partial charge in [0.05, 0.1) is 13.2 Å². The van der Waals surface area contributed by atoms with Crippen LogP contribution in [-0.4, -0.2) is 60.9 Å². The van der Waals surface area contributed by atoms with Crippen molar-refractivity contribution < 1.29 is 24.2 Å². The molecule has 0 saturated heterocycles. The third-order valence-corrected chi connectivity index (χ3v) is 9.70. The summed E-state index contributed by atoms with van der Waals surface area (Å²) in [5, 5.41) is 9.52. The van der Waals surface area contributed by atoms with E-state index in [2.05, 4.69) is 25.7 Å². The summed E-state index contributed by atoms with van der Waals surface area (Å²) in [6, 6.07) is 0. The second-order valence-corrected chi connectivity index (χ2v) is 14.5. The Bertz CT molecular complexity index is 673. The number of aliphatic hydroxyl groups excluding tert-OH is 1. The highest BCUT2D eigenvalue weighted by atomic mass is 16.5. The lowest BCUT2D eigenvalue weighted by molar-refractivity contribution is -0.150. The second kappa shape index (κ2) is 41.3. The van der Waals surface area contributed by atoms with E-state index in [-0.39, 0.29) is 32.1 Å². The molecule has 0 saturated carbocycles. The summed E-state index contributed by atoms with van der Waals surface area (Å²) < 4.78 is 11.4. The number of hydrogen-bond donors (Lipinski definition) is 1. The van der Waals surface area contributed by atoms with Crippen molar-refractivity contribution in [2.24, 2.45) is 0 Å². The lowest BCUT2D eigenvalue weighted by Gasteiger charge is -2.21. The van der Waals surface area contributed by atoms with Gasteiger partial charge in [-0.1, -0.05) is 157 Å². The summed E-state index contributed by atoms with van der Waals surface area (Å²) in [5.74, 6) is -0.0232. The first kappa shape index (κ1) is 50.0. The minimum absolute atomic E-state index is 0. The standard InChI is InChI=1S/C42H83NO5.CH4/c1-4-7-10-13-15-23-30-39-47-41(45)33-26-19-16-21-28-35-43(37-38-44)36-29-22-17-20-27-34-42(46)48-40(31-24-12-9-6-3)32-25-18-14-11-8-5-2;/h40,44H,4-39H2,1-3H3;1H4. The van der Waals surface area contributed by atoms with Crippen LogP contribution in [-0.2, 0) is 19.1 Å². The fraction of sp³-hybridized carbons (Fsp3) is 0.953. The predicted molar refractivity (Wildman–Crippen MR) is 211 cm³/mol. The number of ether oxygens (including phenoxy) is 2. The normalized spacial score (nSPS) is 11.9. The van der Waals surface area contributed by atoms with Crippen molar-refractivity contribution >= 4 is 11.9 Å². The van der Waals surface area contributed by atoms with Gasteiger partial charge in [0.2, 0.25) is 0 Å². The molecule has 0 aromatic heterocycles. The van der Waals surface area contributed by atoms with Crippen LogP contribution < -0.4 is 0 Å². The molecule has 0 aromatic rings. The first-order valence-electron chi connectivity index (χ1n) is 21.3. The van der Waals surface area contributed by atoms with Gasteiger partial charge in [-0.05, 0) is 70.9 Å². The number of nitrogens with zero attached hydrogens (tertiary/aromatic N) is 1. The molecule has 0 aliphatic heterocycles. The maximum Gasteiger partial charge on any atom is 0.306 e. The molecule has 0 aliphatic carbocycles. The van der Waals surface area contributed by atoms with E-state index in [0.717, 1.165) is 90.3 Å². The van der Waals surface area contributed by atoms with Gasteiger partial charge in [-0.25, -0.2) is 0 Å². The van der Waals surface area contributed by atoms with E-state index in [9.17, 15) is 14.7 Å². The van der Waals surface area contributed by atoms with E-state index >= 15 is 0 Å². The van der Waals surface area contributed by atoms with Crippen LogP contribution in [0.4, 0.5) is 0 Å². The topological polar surface area (TPSA) is 76.1 Å². The fourth-order valence-corrected chi connectivity index (χ4v) is 6.52. The maximum atomic E-state index is 12.6. The van der Waals surface area contributed by atoms with Crippen molar-refractivity contribution in [3.63, 3.8) is 0 Å². The molecule has 49 heavy (non-hydrogen) atoms. The molecule has 0 fully saturated rings. The Morgan fingerprint density at radius 3 is 1.37 bits per heavy atom. The van der Waals surface area contributed by atoms with Gasteiger partial charge in [-0.15, -0.1) is 0 Å². The van der Waals surface area contributed by atoms with Crippen molar-refractivity contribution in [1.82, 2.24) is 4.90 Å². The molecule has 1 atom stereocenters. The van der Waals surface area contributed by atoms with Crippen molar-refractivity contribution in [1.29, 1.82) is 0 Å². The van der Waals surface area contributed by atoms with Gasteiger partial charge in [0.25, 0.3) is 0 Å². The minimum Gasteiger partial charge on any atom is -0.466 e. The molecule has 6 heteroatoms. The van der Waals surface area contributed by atoms with Gasteiger partial charge in [0.1, 0.15) is 6.10 Å². The van der Waals surface area contributed by atoms with Crippen LogP contribution in [0.5, 0.6) is 0 Å². The van der Waals surface area contributed by atoms with Gasteiger partial charge < -0.3 is 19.5 Å². The van der Waals surface area contributed by atoms with Crippen LogP contribution in [0, 0.1) is 0 Å². The first-order valence-corrected chi connectivity index (χ1v) is 21.3. The molecular formula is C43H87NO5. The molecule has 0 bridgehead atoms. The van der Waals surface area contributed by atoms with Crippen LogP contribution in [0.15, 0.2) is 0 Å². The quantitative estimate of drug-likeness (QED) is 0.0509. The van der Waals surface area contributed by atoms with Crippen molar-refractivity contribution in [3.05, 3.63) is 0 Å². The summed E-state index contributed by atoms with van der Waals surface area (Å²) in [6.45, 7) is 10.3. The number of aliphatic hydroxyl groups is 1. The van der Waals surface area contributed by atoms with E-state index in [1.165, 1.54) is 116 Å². The molecule has 0 spiro atoms. The summed E-state index contributed by atoms with van der Waals surface area (Å²) >= 11 is 0. The summed E-state index contributed by atoms with van der Waals surface area (Å²) in [6.07, 6.45) is 35.5. The van der Waals surface area contributed by atoms with Gasteiger partial charge in [-0.2, -0.15) is 0 Å². The van der Waals surface area contributed by atoms with E-state index in [4.69, 9.17) is 9.47 Å². The molecule has 0 amide bonds. The summed E-state index contributed by atoms with van der Waals surface area (Å²) in [7, 11) is 0. The Labute approximate surface area is 306 Å². The molecule has 294 valence electrons. The third-order valence-electron chi connectivity index (χ3n) is 9.70. The average Bonchev–Trinajstić information content (AvgIpc) is 3.08. The van der Waals surface area contributed by atoms with Gasteiger partial charge in [-0.3, -0.25) is 9.59 Å². The minimum atomic E-state index is -0.0318. The molecule has 6 nitrogen and oxygen atoms in total. The Morgan fingerprint density at radius 2 is 0.878 bits per heavy atom. The Hall–Kier alpha value is -1.14. The molecule has 0 radical (unpaired) electrons. The first-order chi connectivity index (χ1) is 23.6. The number of esters is 2. The van der Waals surface area contributed by atoms with Crippen LogP contribution in [0.2, 0.25) is 0 Å². The molecule has 1 N–H and O–H groups in total. The lowest BCUT2D eigenvalue weighted by Crippen LogP contribution is -2.29. The van der Waals surface area contributed by atoms with E-state index < -0.39 is 0 Å². The van der Waals surface area contributed by atoms with Crippen LogP contribution in [0.25, 0.3) is 0 Å². The summed E-state index contributed by atoms with van der Waals surface area (Å²) in [5.41, 5.74) is 0. The fourth-order valence-electron chi connectivity index (χ4n) is 6.52. The number of carbonyl (C=O) groups excluding carboxylic acids is 2. The molecule has 0 heterocycles. The van der Waals surface area contributed by atoms with Gasteiger partial charge in [0.15, 0.2) is 0 Å². The number of rotatable bonds is 39. The predicted octanol–water partition coefficient (Wildman–Crippen LogP) is 12.5. The number of hydrogen-bond acceptors (Lipinski definition) is 6. The van der Waals surface area contributed by atoms with Crippen LogP contribution in [0.1, 0.15) is 227 Å². The SMILES string of the molecule is C.CCCCCCCCCOC(=O)CCCCCCCN(CCO)CCCCCCCC(=O)OC(CCCCCC)CCCCCCCC. The molecule has 0 rings (SSSR count). The zero-order valence-electron chi connectivity index (χ0n) is 32.6. The molecule has 1 unspecified atom stereocenters. The monoisotopic (exact) mass is 698 g/mol. The highest BCUT2D eigenvalue weighted by Crippen LogP contribution is 2.18. The average molecular weight is 698 g/mol. The molecule has 0 aromatic carbocycles. The van der Waals surface area contributed by atoms with Gasteiger partial charge in [0, 0.05) is 19.4 Å².